The van der Waals surface area contributed by atoms with Gasteiger partial charge >= 0.3 is 31.1 Å². The minimum Gasteiger partial charge on any atom is -0.453 e. The van der Waals surface area contributed by atoms with Crippen LogP contribution in [0.2, 0.25) is 0 Å². The smallest absolute Gasteiger partial charge is 0.407 e. The molecule has 2 aromatic heterocycles. The number of aliphatic hydroxyl groups is 1. The molecule has 3 saturated heterocycles. The molecule has 2 bridgehead atoms. The number of alkyl halides is 8. The largest absolute Gasteiger partial charge is 0.453 e. The van der Waals surface area contributed by atoms with Crippen molar-refractivity contribution in [2.24, 2.45) is 10.8 Å². The Labute approximate surface area is 450 Å². The van der Waals surface area contributed by atoms with Crippen molar-refractivity contribution in [2.75, 3.05) is 51.9 Å². The molecule has 2 aromatic carbocycles. The van der Waals surface area contributed by atoms with E-state index >= 15 is 0 Å². The number of nitrogens with one attached hydrogen (secondary N) is 4. The van der Waals surface area contributed by atoms with Gasteiger partial charge in [-0.25, -0.2) is 24.3 Å². The third-order valence-electron chi connectivity index (χ3n) is 14.5. The molecular weight excluding hydrogens is 1060 g/mol. The lowest BCUT2D eigenvalue weighted by molar-refractivity contribution is -0.239. The van der Waals surface area contributed by atoms with E-state index in [0.717, 1.165) is 70.3 Å². The van der Waals surface area contributed by atoms with Gasteiger partial charge in [-0.3, -0.25) is 19.9 Å². The van der Waals surface area contributed by atoms with Crippen molar-refractivity contribution in [3.8, 4) is 23.1 Å². The molecule has 4 aromatic rings. The summed E-state index contributed by atoms with van der Waals surface area (Å²) >= 11 is 0. The third kappa shape index (κ3) is 14.2. The number of hydrogen-bond donors (Lipinski definition) is 5. The molecule has 428 valence electrons. The molecule has 0 spiro atoms. The van der Waals surface area contributed by atoms with Gasteiger partial charge in [-0.15, -0.1) is 0 Å². The van der Waals surface area contributed by atoms with Crippen molar-refractivity contribution in [1.29, 1.82) is 0 Å². The number of halogens is 8. The van der Waals surface area contributed by atoms with Crippen LogP contribution in [0.5, 0.6) is 0 Å². The van der Waals surface area contributed by atoms with Gasteiger partial charge in [0.05, 0.1) is 49.6 Å². The van der Waals surface area contributed by atoms with Gasteiger partial charge in [0.2, 0.25) is 5.91 Å². The van der Waals surface area contributed by atoms with Gasteiger partial charge in [0.1, 0.15) is 17.3 Å². The summed E-state index contributed by atoms with van der Waals surface area (Å²) in [6.07, 6.45) is -12.8. The molecule has 79 heavy (non-hydrogen) atoms. The molecule has 0 saturated carbocycles. The number of aromatic nitrogens is 3. The van der Waals surface area contributed by atoms with Crippen molar-refractivity contribution in [3.05, 3.63) is 101 Å². The summed E-state index contributed by atoms with van der Waals surface area (Å²) in [5.74, 6) is 4.04. The van der Waals surface area contributed by atoms with Gasteiger partial charge in [0.25, 0.3) is 5.91 Å². The van der Waals surface area contributed by atoms with Crippen LogP contribution in [-0.4, -0.2) is 156 Å². The molecule has 26 heteroatoms. The van der Waals surface area contributed by atoms with Crippen LogP contribution in [0.4, 0.5) is 50.5 Å². The van der Waals surface area contributed by atoms with Crippen LogP contribution in [0.15, 0.2) is 79.1 Å². The lowest BCUT2D eigenvalue weighted by Crippen LogP contribution is -2.62. The Balaban J connectivity index is 1.15. The summed E-state index contributed by atoms with van der Waals surface area (Å²) in [6.45, 7) is 1.66. The van der Waals surface area contributed by atoms with E-state index in [-0.39, 0.29) is 12.1 Å². The highest BCUT2D eigenvalue weighted by Gasteiger charge is 2.58. The summed E-state index contributed by atoms with van der Waals surface area (Å²) in [6, 6.07) is 14.8. The van der Waals surface area contributed by atoms with E-state index in [4.69, 9.17) is 14.5 Å². The van der Waals surface area contributed by atoms with Crippen LogP contribution in [-0.2, 0) is 36.8 Å². The molecule has 18 nitrogen and oxygen atoms in total. The molecule has 3 aliphatic heterocycles. The van der Waals surface area contributed by atoms with Crippen LogP contribution < -0.4 is 26.3 Å². The predicted molar refractivity (Wildman–Crippen MR) is 270 cm³/mol. The number of piperazine rings is 1. The number of hydrazine groups is 1. The van der Waals surface area contributed by atoms with Crippen LogP contribution in [0, 0.1) is 22.7 Å². The second-order valence-corrected chi connectivity index (χ2v) is 20.7. The molecule has 7 rings (SSSR count). The maximum absolute atomic E-state index is 14.6. The van der Waals surface area contributed by atoms with Crippen molar-refractivity contribution < 1.29 is 73.6 Å². The molecule has 5 heterocycles. The molecule has 4 amide bonds. The second kappa shape index (κ2) is 24.5. The van der Waals surface area contributed by atoms with Crippen LogP contribution >= 0.6 is 0 Å². The Morgan fingerprint density at radius 3 is 1.94 bits per heavy atom. The maximum atomic E-state index is 14.6. The second-order valence-electron chi connectivity index (χ2n) is 20.7. The molecule has 6 atom stereocenters. The molecule has 3 fully saturated rings. The number of alkyl carbamates (subject to hydrolysis) is 2. The number of amides is 4. The van der Waals surface area contributed by atoms with E-state index in [1.807, 2.05) is 22.8 Å². The number of benzene rings is 2. The van der Waals surface area contributed by atoms with E-state index in [1.165, 1.54) is 30.3 Å². The number of anilines is 1. The highest BCUT2D eigenvalue weighted by atomic mass is 19.4. The zero-order chi connectivity index (χ0) is 57.6. The first kappa shape index (κ1) is 59.6. The standard InChI is InChI=1S/C53H62F8N10O8/c1-50(2,52(56,57)58)43(65-49(76)77-6)45(73)64-40(23-32-10-7-31(8-11-32)9-12-33-15-20-42(63-24-33)68-26-36-18-19-37(27-68)71(36)38-29-78-30-38)41(72)28-69(67-46(74)44(79-48(75)62-5)51(3,4)53(59,60)61)25-34-13-16-35(17-14-34)39-21-22-70(66-39)47(54)55/h7-8,10-11,13-17,20-22,24,36-38,40-41,43-44,47,72H,18-19,23,25-30H2,1-6H3,(H,62,75)(H,64,73)(H,65,76)(H,67,74)/t36-,37-,40-,41-,43+,44+/m0/s1. The van der Waals surface area contributed by atoms with Gasteiger partial charge in [0.15, 0.2) is 6.10 Å². The predicted octanol–water partition coefficient (Wildman–Crippen LogP) is 6.34. The average molecular weight is 1120 g/mol. The molecule has 5 N–H and O–H groups in total. The fourth-order valence-corrected chi connectivity index (χ4v) is 9.51. The Morgan fingerprint density at radius 2 is 1.41 bits per heavy atom. The Bertz CT molecular complexity index is 2810. The van der Waals surface area contributed by atoms with Gasteiger partial charge in [-0.1, -0.05) is 48.2 Å². The number of rotatable bonds is 19. The number of hydrogen-bond acceptors (Lipinski definition) is 13. The van der Waals surface area contributed by atoms with Crippen molar-refractivity contribution in [2.45, 2.75) is 115 Å². The summed E-state index contributed by atoms with van der Waals surface area (Å²) in [5, 5.41) is 23.2. The van der Waals surface area contributed by atoms with E-state index in [0.29, 0.717) is 78.3 Å². The molecule has 0 radical (unpaired) electrons. The Kier molecular flexibility index (Phi) is 18.5. The Morgan fingerprint density at radius 1 is 0.797 bits per heavy atom. The van der Waals surface area contributed by atoms with Crippen molar-refractivity contribution >= 4 is 29.8 Å². The first-order valence-electron chi connectivity index (χ1n) is 25.2. The van der Waals surface area contributed by atoms with Crippen LogP contribution in [0.3, 0.4) is 0 Å². The number of ether oxygens (including phenoxy) is 3. The topological polar surface area (TPSA) is 205 Å². The van der Waals surface area contributed by atoms with E-state index in [1.54, 1.807) is 30.5 Å². The minimum absolute atomic E-state index is 0.150. The average Bonchev–Trinajstić information content (AvgIpc) is 4.05. The van der Waals surface area contributed by atoms with Crippen LogP contribution in [0.1, 0.15) is 69.3 Å². The SMILES string of the molecule is CNC(=O)O[C@H](C(=O)NN(Cc1ccc(-c2ccn(C(F)F)n2)cc1)C[C@H](O)[C@H](Cc1ccc(C#Cc2ccc(N3C[C@@H]4CC[C@@H](C3)N4C3COC3)nc2)cc1)NC(=O)[C@@H](NC(=O)OC)C(C)(C)C(F)(F)F)C(C)(C)C(F)(F)F. The van der Waals surface area contributed by atoms with Gasteiger partial charge < -0.3 is 40.2 Å². The summed E-state index contributed by atoms with van der Waals surface area (Å²) < 4.78 is 129. The molecule has 0 aliphatic carbocycles. The lowest BCUT2D eigenvalue weighted by atomic mass is 9.82. The van der Waals surface area contributed by atoms with E-state index in [9.17, 15) is 59.4 Å². The van der Waals surface area contributed by atoms with Crippen LogP contribution in [0.25, 0.3) is 11.3 Å². The molecule has 3 aliphatic rings. The minimum atomic E-state index is -5.14. The van der Waals surface area contributed by atoms with E-state index in [2.05, 4.69) is 42.2 Å². The first-order chi connectivity index (χ1) is 37.2. The fraction of sp³-hybridized carbons (Fsp3) is 0.509. The third-order valence-corrected chi connectivity index (χ3v) is 14.5. The monoisotopic (exact) mass is 1120 g/mol. The number of methoxy groups -OCH3 is 1. The normalized spacial score (nSPS) is 18.6. The van der Waals surface area contributed by atoms with Crippen molar-refractivity contribution in [1.82, 2.24) is 46.0 Å². The zero-order valence-electron chi connectivity index (χ0n) is 44.0. The molecule has 0 unspecified atom stereocenters. The number of pyridine rings is 1. The quantitative estimate of drug-likeness (QED) is 0.0396. The number of aliphatic hydroxyl groups excluding tert-OH is 1. The highest BCUT2D eigenvalue weighted by Crippen LogP contribution is 2.43. The number of carbonyl (C=O) groups excluding carboxylic acids is 4. The lowest BCUT2D eigenvalue weighted by Gasteiger charge is -2.47. The highest BCUT2D eigenvalue weighted by molar-refractivity contribution is 5.87. The summed E-state index contributed by atoms with van der Waals surface area (Å²) in [5.41, 5.74) is -1.36. The van der Waals surface area contributed by atoms with Gasteiger partial charge in [-0.2, -0.15) is 40.2 Å². The number of nitrogens with zero attached hydrogens (tertiary/aromatic N) is 6. The summed E-state index contributed by atoms with van der Waals surface area (Å²) in [7, 11) is 1.92. The first-order valence-corrected chi connectivity index (χ1v) is 25.2. The fourth-order valence-electron chi connectivity index (χ4n) is 9.51. The van der Waals surface area contributed by atoms with E-state index < -0.39 is 91.1 Å². The van der Waals surface area contributed by atoms with Crippen molar-refractivity contribution in [3.63, 3.8) is 0 Å². The molecular formula is C53H62F8N10O8. The van der Waals surface area contributed by atoms with Gasteiger partial charge in [0, 0.05) is 74.4 Å². The maximum Gasteiger partial charge on any atom is 0.407 e. The zero-order valence-corrected chi connectivity index (χ0v) is 44.0. The Hall–Kier alpha value is -7.08. The van der Waals surface area contributed by atoms with Gasteiger partial charge in [-0.05, 0) is 88.4 Å². The number of fused-ring (bicyclic) bond motifs is 2. The summed E-state index contributed by atoms with van der Waals surface area (Å²) in [4.78, 5) is 62.5. The number of carbonyl (C=O) groups is 4.